The summed E-state index contributed by atoms with van der Waals surface area (Å²) in [4.78, 5) is 0. The molecule has 0 bridgehead atoms. The van der Waals surface area contributed by atoms with Crippen LogP contribution in [-0.4, -0.2) is 5.11 Å². The highest BCUT2D eigenvalue weighted by atomic mass is 16.3. The van der Waals surface area contributed by atoms with Crippen LogP contribution in [0.25, 0.3) is 0 Å². The molecule has 1 atom stereocenters. The van der Waals surface area contributed by atoms with E-state index in [1.165, 1.54) is 0 Å². The van der Waals surface area contributed by atoms with E-state index in [9.17, 15) is 5.11 Å². The second-order valence-electron chi connectivity index (χ2n) is 3.98. The van der Waals surface area contributed by atoms with Gasteiger partial charge >= 0.3 is 0 Å². The fourth-order valence-corrected chi connectivity index (χ4v) is 1.52. The summed E-state index contributed by atoms with van der Waals surface area (Å²) in [5.41, 5.74) is 7.83. The van der Waals surface area contributed by atoms with Gasteiger partial charge in [0.15, 0.2) is 0 Å². The Kier molecular flexibility index (Phi) is 3.53. The summed E-state index contributed by atoms with van der Waals surface area (Å²) in [6, 6.07) is 5.71. The lowest BCUT2D eigenvalue weighted by molar-refractivity contribution is 0.435. The molecule has 0 aromatic heterocycles. The molecular weight excluding hydrogens is 174 g/mol. The van der Waals surface area contributed by atoms with Crippen LogP contribution >= 0.6 is 0 Å². The van der Waals surface area contributed by atoms with E-state index in [-0.39, 0.29) is 6.04 Å². The average Bonchev–Trinajstić information content (AvgIpc) is 2.17. The molecule has 0 radical (unpaired) electrons. The summed E-state index contributed by atoms with van der Waals surface area (Å²) < 4.78 is 0. The first-order chi connectivity index (χ1) is 6.57. The molecule has 0 spiro atoms. The predicted molar refractivity (Wildman–Crippen MR) is 59.3 cm³/mol. The Morgan fingerprint density at radius 1 is 1.36 bits per heavy atom. The van der Waals surface area contributed by atoms with E-state index in [1.807, 2.05) is 25.1 Å². The number of aromatic hydroxyl groups is 1. The lowest BCUT2D eigenvalue weighted by atomic mass is 9.94. The summed E-state index contributed by atoms with van der Waals surface area (Å²) in [5.74, 6) is 0.712. The molecule has 14 heavy (non-hydrogen) atoms. The fraction of sp³-hybridized carbons (Fsp3) is 0.500. The van der Waals surface area contributed by atoms with E-state index in [1.54, 1.807) is 0 Å². The molecule has 0 saturated carbocycles. The van der Waals surface area contributed by atoms with Gasteiger partial charge in [-0.25, -0.2) is 0 Å². The van der Waals surface area contributed by atoms with Crippen LogP contribution in [0.4, 0.5) is 0 Å². The second kappa shape index (κ2) is 4.47. The Morgan fingerprint density at radius 2 is 2.00 bits per heavy atom. The smallest absolute Gasteiger partial charge is 0.123 e. The predicted octanol–water partition coefficient (Wildman–Crippen LogP) is 2.61. The molecule has 0 amide bonds. The highest BCUT2D eigenvalue weighted by molar-refractivity contribution is 5.42. The van der Waals surface area contributed by atoms with Crippen LogP contribution in [0, 0.1) is 5.92 Å². The van der Waals surface area contributed by atoms with E-state index in [2.05, 4.69) is 13.8 Å². The molecule has 0 unspecified atom stereocenters. The molecule has 0 aliphatic carbocycles. The maximum atomic E-state index is 9.93. The van der Waals surface area contributed by atoms with Gasteiger partial charge in [0.05, 0.1) is 0 Å². The van der Waals surface area contributed by atoms with Gasteiger partial charge in [-0.15, -0.1) is 0 Å². The first kappa shape index (κ1) is 11.1. The van der Waals surface area contributed by atoms with Crippen molar-refractivity contribution in [2.24, 2.45) is 11.7 Å². The van der Waals surface area contributed by atoms with Gasteiger partial charge in [-0.05, 0) is 17.9 Å². The minimum Gasteiger partial charge on any atom is -0.507 e. The largest absolute Gasteiger partial charge is 0.507 e. The van der Waals surface area contributed by atoms with Crippen molar-refractivity contribution in [2.75, 3.05) is 0 Å². The minimum absolute atomic E-state index is 0.0819. The first-order valence-electron chi connectivity index (χ1n) is 5.14. The Bertz CT molecular complexity index is 307. The van der Waals surface area contributed by atoms with Gasteiger partial charge < -0.3 is 10.8 Å². The highest BCUT2D eigenvalue weighted by Crippen LogP contribution is 2.30. The topological polar surface area (TPSA) is 46.2 Å². The Balaban J connectivity index is 3.09. The number of hydrogen-bond acceptors (Lipinski definition) is 2. The molecule has 0 fully saturated rings. The molecule has 78 valence electrons. The van der Waals surface area contributed by atoms with Crippen LogP contribution < -0.4 is 5.73 Å². The minimum atomic E-state index is -0.0819. The third-order valence-electron chi connectivity index (χ3n) is 2.61. The molecule has 1 aromatic rings. The van der Waals surface area contributed by atoms with E-state index < -0.39 is 0 Å². The Morgan fingerprint density at radius 3 is 2.50 bits per heavy atom. The summed E-state index contributed by atoms with van der Waals surface area (Å²) in [6.45, 7) is 6.14. The fourth-order valence-electron chi connectivity index (χ4n) is 1.52. The van der Waals surface area contributed by atoms with Crippen LogP contribution in [0.3, 0.4) is 0 Å². The lowest BCUT2D eigenvalue weighted by Gasteiger charge is -2.18. The first-order valence-corrected chi connectivity index (χ1v) is 5.14. The van der Waals surface area contributed by atoms with E-state index in [0.29, 0.717) is 11.7 Å². The molecule has 0 heterocycles. The quantitative estimate of drug-likeness (QED) is 0.775. The zero-order chi connectivity index (χ0) is 10.7. The summed E-state index contributed by atoms with van der Waals surface area (Å²) in [7, 11) is 0. The third-order valence-corrected chi connectivity index (χ3v) is 2.61. The molecule has 2 heteroatoms. The molecule has 0 saturated heterocycles. The van der Waals surface area contributed by atoms with Crippen molar-refractivity contribution in [1.82, 2.24) is 0 Å². The third kappa shape index (κ3) is 2.07. The number of phenols is 1. The number of benzene rings is 1. The van der Waals surface area contributed by atoms with Crippen molar-refractivity contribution in [2.45, 2.75) is 33.2 Å². The molecule has 1 rings (SSSR count). The highest BCUT2D eigenvalue weighted by Gasteiger charge is 2.15. The number of aryl methyl sites for hydroxylation is 1. The van der Waals surface area contributed by atoms with Crippen molar-refractivity contribution < 1.29 is 5.11 Å². The monoisotopic (exact) mass is 193 g/mol. The summed E-state index contributed by atoms with van der Waals surface area (Å²) in [5, 5.41) is 9.93. The van der Waals surface area contributed by atoms with Crippen molar-refractivity contribution in [3.8, 4) is 5.75 Å². The van der Waals surface area contributed by atoms with Gasteiger partial charge in [0.25, 0.3) is 0 Å². The summed E-state index contributed by atoms with van der Waals surface area (Å²) >= 11 is 0. The molecular formula is C12H19NO. The average molecular weight is 193 g/mol. The molecule has 3 N–H and O–H groups in total. The van der Waals surface area contributed by atoms with Crippen LogP contribution in [0.2, 0.25) is 0 Å². The zero-order valence-electron chi connectivity index (χ0n) is 9.12. The number of para-hydroxylation sites is 1. The zero-order valence-corrected chi connectivity index (χ0v) is 9.12. The maximum Gasteiger partial charge on any atom is 0.123 e. The van der Waals surface area contributed by atoms with Gasteiger partial charge in [-0.3, -0.25) is 0 Å². The van der Waals surface area contributed by atoms with Gasteiger partial charge in [0.1, 0.15) is 5.75 Å². The molecule has 1 aromatic carbocycles. The number of phenolic OH excluding ortho intramolecular Hbond substituents is 1. The molecule has 0 aliphatic heterocycles. The van der Waals surface area contributed by atoms with Crippen LogP contribution in [-0.2, 0) is 6.42 Å². The number of nitrogens with two attached hydrogens (primary N) is 1. The van der Waals surface area contributed by atoms with E-state index in [4.69, 9.17) is 5.73 Å². The SMILES string of the molecule is CCc1cccc([C@@H](N)C(C)C)c1O. The van der Waals surface area contributed by atoms with Crippen molar-refractivity contribution in [3.05, 3.63) is 29.3 Å². The molecule has 0 aliphatic rings. The van der Waals surface area contributed by atoms with Gasteiger partial charge in [-0.2, -0.15) is 0 Å². The van der Waals surface area contributed by atoms with Gasteiger partial charge in [0.2, 0.25) is 0 Å². The normalized spacial score (nSPS) is 13.2. The van der Waals surface area contributed by atoms with Crippen molar-refractivity contribution in [3.63, 3.8) is 0 Å². The second-order valence-corrected chi connectivity index (χ2v) is 3.98. The standard InChI is InChI=1S/C12H19NO/c1-4-9-6-5-7-10(12(9)14)11(13)8(2)3/h5-8,11,14H,4,13H2,1-3H3/t11-/m0/s1. The van der Waals surface area contributed by atoms with Gasteiger partial charge in [0, 0.05) is 11.6 Å². The Hall–Kier alpha value is -1.02. The van der Waals surface area contributed by atoms with Crippen LogP contribution in [0.1, 0.15) is 37.9 Å². The Labute approximate surface area is 85.8 Å². The maximum absolute atomic E-state index is 9.93. The number of hydrogen-bond donors (Lipinski definition) is 2. The number of rotatable bonds is 3. The van der Waals surface area contributed by atoms with Gasteiger partial charge in [-0.1, -0.05) is 39.0 Å². The van der Waals surface area contributed by atoms with Crippen LogP contribution in [0.5, 0.6) is 5.75 Å². The van der Waals surface area contributed by atoms with E-state index >= 15 is 0 Å². The van der Waals surface area contributed by atoms with Crippen LogP contribution in [0.15, 0.2) is 18.2 Å². The molecule has 2 nitrogen and oxygen atoms in total. The van der Waals surface area contributed by atoms with Crippen molar-refractivity contribution in [1.29, 1.82) is 0 Å². The lowest BCUT2D eigenvalue weighted by Crippen LogP contribution is -2.17. The summed E-state index contributed by atoms with van der Waals surface area (Å²) in [6.07, 6.45) is 0.838. The van der Waals surface area contributed by atoms with E-state index in [0.717, 1.165) is 17.5 Å². The van der Waals surface area contributed by atoms with Crippen molar-refractivity contribution >= 4 is 0 Å².